The molecule has 98 valence electrons. The molecule has 0 aliphatic rings. The minimum Gasteiger partial charge on any atom is -0.370 e. The van der Waals surface area contributed by atoms with E-state index in [0.717, 1.165) is 18.6 Å². The number of ether oxygens (including phenoxy) is 1. The van der Waals surface area contributed by atoms with E-state index in [1.54, 1.807) is 21.6 Å². The van der Waals surface area contributed by atoms with Crippen molar-refractivity contribution in [2.75, 3.05) is 31.4 Å². The quantitative estimate of drug-likeness (QED) is 0.257. The zero-order valence-electron chi connectivity index (χ0n) is 9.94. The van der Waals surface area contributed by atoms with Gasteiger partial charge in [-0.2, -0.15) is 0 Å². The molecule has 0 bridgehead atoms. The van der Waals surface area contributed by atoms with Crippen molar-refractivity contribution in [3.05, 3.63) is 0 Å². The Bertz CT molecular complexity index is 232. The first-order valence-corrected chi connectivity index (χ1v) is 8.02. The molecule has 3 N–H and O–H groups in total. The average Bonchev–Trinajstić information content (AvgIpc) is 2.34. The van der Waals surface area contributed by atoms with Crippen molar-refractivity contribution in [3.63, 3.8) is 0 Å². The monoisotopic (exact) mass is 276 g/mol. The second kappa shape index (κ2) is 13.7. The summed E-state index contributed by atoms with van der Waals surface area (Å²) in [5.74, 6) is 4.00. The molecule has 0 aliphatic heterocycles. The van der Waals surface area contributed by atoms with E-state index in [1.807, 2.05) is 0 Å². The highest BCUT2D eigenvalue weighted by Crippen LogP contribution is 2.19. The Morgan fingerprint density at radius 2 is 2.24 bits per heavy atom. The van der Waals surface area contributed by atoms with Crippen molar-refractivity contribution >= 4 is 27.5 Å². The highest BCUT2D eigenvalue weighted by Gasteiger charge is 1.99. The van der Waals surface area contributed by atoms with Crippen molar-refractivity contribution in [2.24, 2.45) is 5.73 Å². The van der Waals surface area contributed by atoms with Crippen LogP contribution in [0.3, 0.4) is 0 Å². The van der Waals surface area contributed by atoms with Crippen LogP contribution in [-0.2, 0) is 9.53 Å². The number of terminal acetylenes is 1. The van der Waals surface area contributed by atoms with Gasteiger partial charge in [-0.1, -0.05) is 27.5 Å². The number of nitrogens with one attached hydrogen (secondary N) is 1. The maximum atomic E-state index is 11.1. The van der Waals surface area contributed by atoms with E-state index in [2.05, 4.69) is 11.2 Å². The van der Waals surface area contributed by atoms with E-state index >= 15 is 0 Å². The minimum atomic E-state index is 0.0100. The Balaban J connectivity index is 3.08. The molecule has 1 amide bonds. The van der Waals surface area contributed by atoms with Crippen LogP contribution in [-0.4, -0.2) is 37.3 Å². The van der Waals surface area contributed by atoms with Gasteiger partial charge in [0.2, 0.25) is 5.91 Å². The Morgan fingerprint density at radius 3 is 2.94 bits per heavy atom. The van der Waals surface area contributed by atoms with Crippen molar-refractivity contribution in [3.8, 4) is 12.3 Å². The number of hydrogen-bond acceptors (Lipinski definition) is 5. The fourth-order valence-electron chi connectivity index (χ4n) is 0.962. The lowest BCUT2D eigenvalue weighted by Gasteiger charge is -2.03. The third-order valence-corrected chi connectivity index (χ3v) is 3.87. The van der Waals surface area contributed by atoms with Crippen LogP contribution in [0.2, 0.25) is 0 Å². The number of hydrogen-bond donors (Lipinski definition) is 2. The van der Waals surface area contributed by atoms with E-state index in [1.165, 1.54) is 0 Å². The van der Waals surface area contributed by atoms with Crippen LogP contribution in [0.4, 0.5) is 0 Å². The molecule has 0 saturated carbocycles. The smallest absolute Gasteiger partial charge is 0.220 e. The van der Waals surface area contributed by atoms with Crippen LogP contribution >= 0.6 is 21.6 Å². The van der Waals surface area contributed by atoms with Crippen molar-refractivity contribution < 1.29 is 9.53 Å². The van der Waals surface area contributed by atoms with E-state index < -0.39 is 0 Å². The summed E-state index contributed by atoms with van der Waals surface area (Å²) in [7, 11) is 3.38. The molecule has 0 rings (SSSR count). The number of amides is 1. The molecule has 0 atom stereocenters. The standard InChI is InChI=1S/C11H20N2O2S2/c1-2-7-13-11(14)5-3-4-8-15-10-17-16-9-6-12/h1H,3-10,12H2,(H,13,14). The number of carbonyl (C=O) groups is 1. The molecule has 0 radical (unpaired) electrons. The maximum absolute atomic E-state index is 11.1. The van der Waals surface area contributed by atoms with Gasteiger partial charge in [0.15, 0.2) is 0 Å². The van der Waals surface area contributed by atoms with Crippen molar-refractivity contribution in [1.82, 2.24) is 5.32 Å². The van der Waals surface area contributed by atoms with E-state index in [0.29, 0.717) is 32.1 Å². The Kier molecular flexibility index (Phi) is 13.4. The normalized spacial score (nSPS) is 9.88. The van der Waals surface area contributed by atoms with Crippen molar-refractivity contribution in [1.29, 1.82) is 0 Å². The highest BCUT2D eigenvalue weighted by atomic mass is 33.1. The number of nitrogens with two attached hydrogens (primary N) is 1. The SMILES string of the molecule is C#CCNC(=O)CCCCOCSSCCN. The van der Waals surface area contributed by atoms with Crippen LogP contribution < -0.4 is 11.1 Å². The molecule has 0 heterocycles. The van der Waals surface area contributed by atoms with Crippen LogP contribution in [0.25, 0.3) is 0 Å². The number of rotatable bonds is 11. The van der Waals surface area contributed by atoms with E-state index in [-0.39, 0.29) is 5.91 Å². The molecule has 0 fully saturated rings. The molecule has 0 aromatic heterocycles. The zero-order valence-corrected chi connectivity index (χ0v) is 11.6. The van der Waals surface area contributed by atoms with Gasteiger partial charge in [-0.25, -0.2) is 0 Å². The first-order chi connectivity index (χ1) is 8.31. The molecule has 17 heavy (non-hydrogen) atoms. The average molecular weight is 276 g/mol. The first kappa shape index (κ1) is 16.6. The number of unbranched alkanes of at least 4 members (excludes halogenated alkanes) is 1. The van der Waals surface area contributed by atoms with Gasteiger partial charge in [0, 0.05) is 25.3 Å². The molecule has 0 aromatic rings. The molecule has 4 nitrogen and oxygen atoms in total. The molecular formula is C11H20N2O2S2. The Morgan fingerprint density at radius 1 is 1.41 bits per heavy atom. The van der Waals surface area contributed by atoms with Crippen LogP contribution in [0.15, 0.2) is 0 Å². The van der Waals surface area contributed by atoms with Gasteiger partial charge in [-0.3, -0.25) is 4.79 Å². The fraction of sp³-hybridized carbons (Fsp3) is 0.727. The third-order valence-electron chi connectivity index (χ3n) is 1.75. The second-order valence-corrected chi connectivity index (χ2v) is 5.72. The number of carbonyl (C=O) groups excluding carboxylic acids is 1. The summed E-state index contributed by atoms with van der Waals surface area (Å²) < 4.78 is 5.38. The summed E-state index contributed by atoms with van der Waals surface area (Å²) in [4.78, 5) is 11.1. The molecular weight excluding hydrogens is 256 g/mol. The second-order valence-electron chi connectivity index (χ2n) is 3.19. The van der Waals surface area contributed by atoms with Crippen LogP contribution in [0.1, 0.15) is 19.3 Å². The highest BCUT2D eigenvalue weighted by molar-refractivity contribution is 8.76. The van der Waals surface area contributed by atoms with E-state index in [9.17, 15) is 4.79 Å². The summed E-state index contributed by atoms with van der Waals surface area (Å²) in [5, 5.41) is 2.62. The third kappa shape index (κ3) is 13.6. The van der Waals surface area contributed by atoms with Gasteiger partial charge in [-0.15, -0.1) is 6.42 Å². The predicted octanol–water partition coefficient (Wildman–Crippen LogP) is 1.22. The Labute approximate surface area is 111 Å². The molecule has 0 aromatic carbocycles. The topological polar surface area (TPSA) is 64.3 Å². The van der Waals surface area contributed by atoms with Crippen LogP contribution in [0.5, 0.6) is 0 Å². The fourth-order valence-corrected chi connectivity index (χ4v) is 2.48. The Hall–Kier alpha value is -0.350. The molecule has 0 saturated heterocycles. The predicted molar refractivity (Wildman–Crippen MR) is 75.6 cm³/mol. The van der Waals surface area contributed by atoms with E-state index in [4.69, 9.17) is 16.9 Å². The van der Waals surface area contributed by atoms with Gasteiger partial charge in [0.25, 0.3) is 0 Å². The summed E-state index contributed by atoms with van der Waals surface area (Å²) in [5.41, 5.74) is 5.35. The van der Waals surface area contributed by atoms with Gasteiger partial charge >= 0.3 is 0 Å². The van der Waals surface area contributed by atoms with Gasteiger partial charge in [0.1, 0.15) is 5.94 Å². The summed E-state index contributed by atoms with van der Waals surface area (Å²) in [6.07, 6.45) is 7.26. The lowest BCUT2D eigenvalue weighted by atomic mass is 10.2. The summed E-state index contributed by atoms with van der Waals surface area (Å²) in [6, 6.07) is 0. The minimum absolute atomic E-state index is 0.0100. The lowest BCUT2D eigenvalue weighted by molar-refractivity contribution is -0.121. The van der Waals surface area contributed by atoms with Crippen molar-refractivity contribution in [2.45, 2.75) is 19.3 Å². The van der Waals surface area contributed by atoms with Crippen LogP contribution in [0, 0.1) is 12.3 Å². The molecule has 0 unspecified atom stereocenters. The van der Waals surface area contributed by atoms with Gasteiger partial charge in [0.05, 0.1) is 6.54 Å². The first-order valence-electron chi connectivity index (χ1n) is 5.53. The molecule has 0 spiro atoms. The largest absolute Gasteiger partial charge is 0.370 e. The lowest BCUT2D eigenvalue weighted by Crippen LogP contribution is -2.23. The molecule has 6 heteroatoms. The van der Waals surface area contributed by atoms with Gasteiger partial charge in [-0.05, 0) is 12.8 Å². The summed E-state index contributed by atoms with van der Waals surface area (Å²) in [6.45, 7) is 1.70. The molecule has 0 aliphatic carbocycles. The maximum Gasteiger partial charge on any atom is 0.220 e. The van der Waals surface area contributed by atoms with Gasteiger partial charge < -0.3 is 15.8 Å². The summed E-state index contributed by atoms with van der Waals surface area (Å²) >= 11 is 0. The zero-order chi connectivity index (χ0) is 12.8.